The third-order valence-electron chi connectivity index (χ3n) is 6.99. The summed E-state index contributed by atoms with van der Waals surface area (Å²) in [6, 6.07) is 8.25. The third kappa shape index (κ3) is 5.76. The summed E-state index contributed by atoms with van der Waals surface area (Å²) in [4.78, 5) is 28.0. The predicted octanol–water partition coefficient (Wildman–Crippen LogP) is 1.01. The Hall–Kier alpha value is -3.51. The molecule has 2 aliphatic rings. The van der Waals surface area contributed by atoms with Crippen LogP contribution in [0.3, 0.4) is 0 Å². The lowest BCUT2D eigenvalue weighted by Gasteiger charge is -2.40. The van der Waals surface area contributed by atoms with Gasteiger partial charge in [-0.3, -0.25) is 9.59 Å². The smallest absolute Gasteiger partial charge is 0.247 e. The van der Waals surface area contributed by atoms with Crippen LogP contribution in [-0.2, 0) is 27.5 Å². The summed E-state index contributed by atoms with van der Waals surface area (Å²) in [5.41, 5.74) is 1.51. The lowest BCUT2D eigenvalue weighted by molar-refractivity contribution is -0.139. The number of benzene rings is 2. The zero-order valence-electron chi connectivity index (χ0n) is 21.8. The van der Waals surface area contributed by atoms with Gasteiger partial charge in [0.1, 0.15) is 18.0 Å². The number of fused-ring (bicyclic) bond motifs is 3. The first-order valence-corrected chi connectivity index (χ1v) is 12.6. The van der Waals surface area contributed by atoms with Gasteiger partial charge in [-0.25, -0.2) is 4.39 Å². The maximum atomic E-state index is 14.6. The van der Waals surface area contributed by atoms with E-state index in [-0.39, 0.29) is 50.5 Å². The number of amides is 2. The Morgan fingerprint density at radius 1 is 1.18 bits per heavy atom. The summed E-state index contributed by atoms with van der Waals surface area (Å²) >= 11 is 0. The molecule has 2 aromatic rings. The van der Waals surface area contributed by atoms with E-state index in [9.17, 15) is 29.3 Å². The van der Waals surface area contributed by atoms with Crippen molar-refractivity contribution in [3.05, 3.63) is 70.6 Å². The second kappa shape index (κ2) is 12.6. The molecule has 1 heterocycles. The summed E-state index contributed by atoms with van der Waals surface area (Å²) < 4.78 is 31.3. The number of hydrogen-bond acceptors (Lipinski definition) is 8. The number of rotatable bonds is 11. The zero-order valence-corrected chi connectivity index (χ0v) is 21.8. The van der Waals surface area contributed by atoms with Crippen LogP contribution in [0.25, 0.3) is 0 Å². The molecule has 0 unspecified atom stereocenters. The topological polar surface area (TPSA) is 138 Å². The number of methoxy groups -OCH3 is 2. The van der Waals surface area contributed by atoms with Crippen LogP contribution in [0, 0.1) is 5.82 Å². The highest BCUT2D eigenvalue weighted by molar-refractivity contribution is 5.96. The van der Waals surface area contributed by atoms with Gasteiger partial charge in [0.05, 0.1) is 45.3 Å². The van der Waals surface area contributed by atoms with E-state index in [2.05, 4.69) is 5.32 Å². The Balaban J connectivity index is 1.82. The molecule has 10 nitrogen and oxygen atoms in total. The molecule has 0 saturated carbocycles. The summed E-state index contributed by atoms with van der Waals surface area (Å²) in [5.74, 6) is -1.56. The average Bonchev–Trinajstić information content (AvgIpc) is 3.34. The van der Waals surface area contributed by atoms with Gasteiger partial charge >= 0.3 is 0 Å². The summed E-state index contributed by atoms with van der Waals surface area (Å²) in [5, 5.41) is 33.3. The van der Waals surface area contributed by atoms with E-state index >= 15 is 0 Å². The minimum atomic E-state index is -1.31. The molecule has 4 atom stereocenters. The number of nitrogens with zero attached hydrogens (tertiary/aromatic N) is 1. The number of ether oxygens (including phenoxy) is 3. The van der Waals surface area contributed by atoms with Gasteiger partial charge in [-0.15, -0.1) is 0 Å². The van der Waals surface area contributed by atoms with E-state index in [1.54, 1.807) is 24.3 Å². The Kier molecular flexibility index (Phi) is 9.18. The first-order chi connectivity index (χ1) is 18.8. The number of carbonyl (C=O) groups is 2. The van der Waals surface area contributed by atoms with Crippen LogP contribution in [-0.4, -0.2) is 84.3 Å². The van der Waals surface area contributed by atoms with E-state index < -0.39 is 41.8 Å². The van der Waals surface area contributed by atoms with Crippen molar-refractivity contribution in [1.29, 1.82) is 0 Å². The SMILES string of the molecule is COCCC(=O)N(Cc1ccccc1F)[C@@H]1C=C(C(=O)NCCO)[C@@H]2c3cc(CO)cc(OC)c3O[C@@H]2[C@H]1O. The highest BCUT2D eigenvalue weighted by Gasteiger charge is 2.51. The third-order valence-corrected chi connectivity index (χ3v) is 6.99. The molecule has 2 aromatic carbocycles. The second-order valence-corrected chi connectivity index (χ2v) is 9.37. The molecule has 0 aromatic heterocycles. The molecule has 1 aliphatic carbocycles. The molecule has 1 aliphatic heterocycles. The molecule has 210 valence electrons. The van der Waals surface area contributed by atoms with Crippen molar-refractivity contribution in [2.45, 2.75) is 43.7 Å². The van der Waals surface area contributed by atoms with Crippen LogP contribution in [0.1, 0.15) is 29.0 Å². The lowest BCUT2D eigenvalue weighted by atomic mass is 9.77. The quantitative estimate of drug-likeness (QED) is 0.329. The molecule has 2 amide bonds. The van der Waals surface area contributed by atoms with E-state index in [1.165, 1.54) is 37.3 Å². The molecule has 11 heteroatoms. The largest absolute Gasteiger partial charge is 0.493 e. The Morgan fingerprint density at radius 3 is 2.62 bits per heavy atom. The fourth-order valence-electron chi connectivity index (χ4n) is 5.12. The summed E-state index contributed by atoms with van der Waals surface area (Å²) in [6.45, 7) is -0.643. The molecule has 4 N–H and O–H groups in total. The van der Waals surface area contributed by atoms with E-state index in [4.69, 9.17) is 14.2 Å². The second-order valence-electron chi connectivity index (χ2n) is 9.37. The summed E-state index contributed by atoms with van der Waals surface area (Å²) in [7, 11) is 2.90. The van der Waals surface area contributed by atoms with E-state index in [1.807, 2.05) is 0 Å². The predicted molar refractivity (Wildman–Crippen MR) is 137 cm³/mol. The fourth-order valence-corrected chi connectivity index (χ4v) is 5.12. The molecule has 39 heavy (non-hydrogen) atoms. The van der Waals surface area contributed by atoms with Crippen molar-refractivity contribution in [3.8, 4) is 11.5 Å². The number of aliphatic hydroxyl groups is 3. The van der Waals surface area contributed by atoms with Crippen molar-refractivity contribution >= 4 is 11.8 Å². The Labute approximate surface area is 225 Å². The van der Waals surface area contributed by atoms with Crippen molar-refractivity contribution in [2.24, 2.45) is 0 Å². The van der Waals surface area contributed by atoms with Gasteiger partial charge in [0.2, 0.25) is 11.8 Å². The van der Waals surface area contributed by atoms with Gasteiger partial charge in [-0.2, -0.15) is 0 Å². The molecule has 0 radical (unpaired) electrons. The number of hydrogen-bond donors (Lipinski definition) is 4. The van der Waals surface area contributed by atoms with Crippen LogP contribution in [0.4, 0.5) is 4.39 Å². The molecule has 0 bridgehead atoms. The highest BCUT2D eigenvalue weighted by Crippen LogP contribution is 2.51. The van der Waals surface area contributed by atoms with Crippen LogP contribution in [0.15, 0.2) is 48.0 Å². The van der Waals surface area contributed by atoms with Gasteiger partial charge in [0.25, 0.3) is 0 Å². The molecule has 0 spiro atoms. The lowest BCUT2D eigenvalue weighted by Crippen LogP contribution is -2.55. The molecular weight excluding hydrogens is 511 g/mol. The van der Waals surface area contributed by atoms with Gasteiger partial charge in [0.15, 0.2) is 11.5 Å². The van der Waals surface area contributed by atoms with Gasteiger partial charge in [0, 0.05) is 36.9 Å². The number of halogens is 1. The Bertz CT molecular complexity index is 1240. The maximum Gasteiger partial charge on any atom is 0.247 e. The van der Waals surface area contributed by atoms with Crippen molar-refractivity contribution in [1.82, 2.24) is 10.2 Å². The monoisotopic (exact) mass is 544 g/mol. The maximum absolute atomic E-state index is 14.6. The minimum absolute atomic E-state index is 0.0137. The van der Waals surface area contributed by atoms with Crippen LogP contribution < -0.4 is 14.8 Å². The van der Waals surface area contributed by atoms with Crippen LogP contribution in [0.2, 0.25) is 0 Å². The zero-order chi connectivity index (χ0) is 28.1. The average molecular weight is 545 g/mol. The van der Waals surface area contributed by atoms with E-state index in [0.29, 0.717) is 22.6 Å². The Morgan fingerprint density at radius 2 is 1.95 bits per heavy atom. The molecule has 0 saturated heterocycles. The minimum Gasteiger partial charge on any atom is -0.493 e. The summed E-state index contributed by atoms with van der Waals surface area (Å²) in [6.07, 6.45) is -0.833. The van der Waals surface area contributed by atoms with Gasteiger partial charge < -0.3 is 39.7 Å². The first-order valence-electron chi connectivity index (χ1n) is 12.6. The van der Waals surface area contributed by atoms with Crippen LogP contribution >= 0.6 is 0 Å². The fraction of sp³-hybridized carbons (Fsp3) is 0.429. The number of nitrogens with one attached hydrogen (secondary N) is 1. The van der Waals surface area contributed by atoms with Crippen molar-refractivity contribution in [3.63, 3.8) is 0 Å². The van der Waals surface area contributed by atoms with E-state index in [0.717, 1.165) is 0 Å². The molecule has 4 rings (SSSR count). The van der Waals surface area contributed by atoms with Crippen molar-refractivity contribution in [2.75, 3.05) is 34.0 Å². The molecular formula is C28H33FN2O8. The normalized spacial score (nSPS) is 21.3. The number of aliphatic hydroxyl groups excluding tert-OH is 3. The van der Waals surface area contributed by atoms with Gasteiger partial charge in [-0.1, -0.05) is 18.2 Å². The highest BCUT2D eigenvalue weighted by atomic mass is 19.1. The van der Waals surface area contributed by atoms with Crippen molar-refractivity contribution < 1.29 is 43.5 Å². The van der Waals surface area contributed by atoms with Gasteiger partial charge in [-0.05, 0) is 29.8 Å². The van der Waals surface area contributed by atoms with Crippen LogP contribution in [0.5, 0.6) is 11.5 Å². The number of carbonyl (C=O) groups excluding carboxylic acids is 2. The first kappa shape index (κ1) is 28.5. The molecule has 0 fully saturated rings. The standard InChI is InChI=1S/C28H33FN2O8/c1-37-10-7-23(34)31(14-17-5-3-4-6-20(17)29)21-13-19(28(36)30-8-9-32)24-18-11-16(15-33)12-22(38-2)26(18)39-27(24)25(21)35/h3-6,11-13,21,24-25,27,32-33,35H,7-10,14-15H2,1-2H3,(H,30,36)/t21-,24+,25+,27+/m1/s1.